The second-order valence-corrected chi connectivity index (χ2v) is 3.41. The number of rotatable bonds is 2. The Bertz CT molecular complexity index is 526. The van der Waals surface area contributed by atoms with E-state index < -0.39 is 0 Å². The number of pyridine rings is 1. The van der Waals surface area contributed by atoms with Crippen LogP contribution in [0.15, 0.2) is 42.6 Å². The third-order valence-corrected chi connectivity index (χ3v) is 2.08. The van der Waals surface area contributed by atoms with Crippen molar-refractivity contribution in [1.82, 2.24) is 4.98 Å². The van der Waals surface area contributed by atoms with E-state index in [9.17, 15) is 0 Å². The molecule has 1 aromatic heterocycles. The summed E-state index contributed by atoms with van der Waals surface area (Å²) in [7, 11) is 0. The zero-order chi connectivity index (χ0) is 11.4. The number of aryl methyl sites for hydroxylation is 1. The van der Waals surface area contributed by atoms with Crippen LogP contribution in [0.3, 0.4) is 0 Å². The number of hydrogen-bond acceptors (Lipinski definition) is 3. The Balaban J connectivity index is 2.18. The lowest BCUT2D eigenvalue weighted by atomic mass is 10.2. The molecule has 78 valence electrons. The van der Waals surface area contributed by atoms with Gasteiger partial charge in [0.2, 0.25) is 0 Å². The van der Waals surface area contributed by atoms with E-state index in [-0.39, 0.29) is 0 Å². The largest absolute Gasteiger partial charge is 0.456 e. The first-order valence-electron chi connectivity index (χ1n) is 4.88. The predicted octanol–water partition coefficient (Wildman–Crippen LogP) is 3.05. The highest BCUT2D eigenvalue weighted by molar-refractivity contribution is 5.34. The van der Waals surface area contributed by atoms with Gasteiger partial charge >= 0.3 is 0 Å². The van der Waals surface area contributed by atoms with Gasteiger partial charge in [-0.25, -0.2) is 4.98 Å². The van der Waals surface area contributed by atoms with Gasteiger partial charge in [0.05, 0.1) is 6.20 Å². The second kappa shape index (κ2) is 4.45. The molecule has 1 heterocycles. The van der Waals surface area contributed by atoms with E-state index in [0.29, 0.717) is 11.4 Å². The zero-order valence-corrected chi connectivity index (χ0v) is 8.84. The first kappa shape index (κ1) is 10.2. The Morgan fingerprint density at radius 3 is 2.69 bits per heavy atom. The maximum atomic E-state index is 8.60. The van der Waals surface area contributed by atoms with Crippen LogP contribution in [-0.4, -0.2) is 4.98 Å². The van der Waals surface area contributed by atoms with E-state index in [1.54, 1.807) is 18.3 Å². The van der Waals surface area contributed by atoms with Crippen LogP contribution < -0.4 is 4.74 Å². The third kappa shape index (κ3) is 2.37. The van der Waals surface area contributed by atoms with Crippen molar-refractivity contribution in [3.63, 3.8) is 0 Å². The topological polar surface area (TPSA) is 45.9 Å². The summed E-state index contributed by atoms with van der Waals surface area (Å²) >= 11 is 0. The zero-order valence-electron chi connectivity index (χ0n) is 8.84. The molecule has 0 unspecified atom stereocenters. The molecule has 0 saturated carbocycles. The third-order valence-electron chi connectivity index (χ3n) is 2.08. The average molecular weight is 210 g/mol. The van der Waals surface area contributed by atoms with Crippen LogP contribution in [0.5, 0.6) is 11.5 Å². The van der Waals surface area contributed by atoms with Gasteiger partial charge in [-0.1, -0.05) is 12.1 Å². The summed E-state index contributed by atoms with van der Waals surface area (Å²) in [5.74, 6) is 1.40. The first-order valence-corrected chi connectivity index (χ1v) is 4.88. The van der Waals surface area contributed by atoms with E-state index in [0.717, 1.165) is 11.3 Å². The summed E-state index contributed by atoms with van der Waals surface area (Å²) in [6.07, 6.45) is 1.54. The lowest BCUT2D eigenvalue weighted by Gasteiger charge is -2.05. The van der Waals surface area contributed by atoms with Gasteiger partial charge in [0.15, 0.2) is 0 Å². The molecule has 3 heteroatoms. The number of nitriles is 1. The van der Waals surface area contributed by atoms with Crippen LogP contribution in [0.1, 0.15) is 11.3 Å². The van der Waals surface area contributed by atoms with Crippen LogP contribution in [0.4, 0.5) is 0 Å². The monoisotopic (exact) mass is 210 g/mol. The number of benzene rings is 1. The molecule has 0 aliphatic rings. The molecule has 0 saturated heterocycles. The fourth-order valence-corrected chi connectivity index (χ4v) is 1.32. The number of nitrogens with zero attached hydrogens (tertiary/aromatic N) is 2. The highest BCUT2D eigenvalue weighted by Gasteiger charge is 1.98. The maximum absolute atomic E-state index is 8.60. The van der Waals surface area contributed by atoms with Gasteiger partial charge in [-0.3, -0.25) is 0 Å². The predicted molar refractivity (Wildman–Crippen MR) is 60.2 cm³/mol. The summed E-state index contributed by atoms with van der Waals surface area (Å²) < 4.78 is 5.59. The second-order valence-electron chi connectivity index (χ2n) is 3.41. The summed E-state index contributed by atoms with van der Waals surface area (Å²) in [5.41, 5.74) is 1.52. The van der Waals surface area contributed by atoms with Crippen molar-refractivity contribution in [2.24, 2.45) is 0 Å². The van der Waals surface area contributed by atoms with Crippen LogP contribution >= 0.6 is 0 Å². The number of aromatic nitrogens is 1. The van der Waals surface area contributed by atoms with E-state index in [4.69, 9.17) is 10.00 Å². The van der Waals surface area contributed by atoms with Crippen molar-refractivity contribution in [1.29, 1.82) is 5.26 Å². The quantitative estimate of drug-likeness (QED) is 0.765. The van der Waals surface area contributed by atoms with Gasteiger partial charge in [-0.05, 0) is 36.8 Å². The molecule has 2 rings (SSSR count). The molecule has 0 radical (unpaired) electrons. The fraction of sp³-hybridized carbons (Fsp3) is 0.0769. The average Bonchev–Trinajstić information content (AvgIpc) is 2.30. The molecule has 0 atom stereocenters. The molecular formula is C13H10N2O. The van der Waals surface area contributed by atoms with Crippen LogP contribution in [0, 0.1) is 18.3 Å². The Labute approximate surface area is 93.9 Å². The minimum absolute atomic E-state index is 0.386. The summed E-state index contributed by atoms with van der Waals surface area (Å²) in [6.45, 7) is 2.00. The summed E-state index contributed by atoms with van der Waals surface area (Å²) in [4.78, 5) is 3.93. The van der Waals surface area contributed by atoms with Crippen molar-refractivity contribution < 1.29 is 4.74 Å². The molecule has 0 fully saturated rings. The van der Waals surface area contributed by atoms with Crippen molar-refractivity contribution in [2.75, 3.05) is 0 Å². The minimum atomic E-state index is 0.386. The van der Waals surface area contributed by atoms with Crippen molar-refractivity contribution in [3.05, 3.63) is 53.9 Å². The summed E-state index contributed by atoms with van der Waals surface area (Å²) in [6, 6.07) is 13.1. The molecule has 2 aromatic rings. The van der Waals surface area contributed by atoms with Gasteiger partial charge in [-0.2, -0.15) is 5.26 Å². The first-order chi connectivity index (χ1) is 7.78. The van der Waals surface area contributed by atoms with E-state index in [1.807, 2.05) is 37.3 Å². The number of ether oxygens (including phenoxy) is 1. The SMILES string of the molecule is Cc1cccc(Oc2ccc(C#N)nc2)c1. The molecule has 16 heavy (non-hydrogen) atoms. The van der Waals surface area contributed by atoms with Crippen molar-refractivity contribution >= 4 is 0 Å². The molecule has 0 aliphatic carbocycles. The smallest absolute Gasteiger partial charge is 0.145 e. The lowest BCUT2D eigenvalue weighted by molar-refractivity contribution is 0.480. The highest BCUT2D eigenvalue weighted by atomic mass is 16.5. The van der Waals surface area contributed by atoms with E-state index in [1.165, 1.54) is 0 Å². The maximum Gasteiger partial charge on any atom is 0.145 e. The Kier molecular flexibility index (Phi) is 2.84. The van der Waals surface area contributed by atoms with Crippen molar-refractivity contribution in [2.45, 2.75) is 6.92 Å². The van der Waals surface area contributed by atoms with E-state index in [2.05, 4.69) is 4.98 Å². The normalized spacial score (nSPS) is 9.50. The molecule has 1 aromatic carbocycles. The Hall–Kier alpha value is -2.34. The Morgan fingerprint density at radius 2 is 2.06 bits per heavy atom. The summed E-state index contributed by atoms with van der Waals surface area (Å²) in [5, 5.41) is 8.60. The number of hydrogen-bond donors (Lipinski definition) is 0. The molecule has 0 spiro atoms. The van der Waals surface area contributed by atoms with Gasteiger partial charge in [0.25, 0.3) is 0 Å². The van der Waals surface area contributed by atoms with Gasteiger partial charge < -0.3 is 4.74 Å². The standard InChI is InChI=1S/C13H10N2O/c1-10-3-2-4-12(7-10)16-13-6-5-11(8-14)15-9-13/h2-7,9H,1H3. The molecule has 0 amide bonds. The molecule has 3 nitrogen and oxygen atoms in total. The molecule has 0 N–H and O–H groups in total. The molecule has 0 bridgehead atoms. The molecule has 0 aliphatic heterocycles. The lowest BCUT2D eigenvalue weighted by Crippen LogP contribution is -1.87. The Morgan fingerprint density at radius 1 is 1.19 bits per heavy atom. The van der Waals surface area contributed by atoms with Crippen LogP contribution in [0.2, 0.25) is 0 Å². The van der Waals surface area contributed by atoms with Gasteiger partial charge in [0, 0.05) is 0 Å². The van der Waals surface area contributed by atoms with Gasteiger partial charge in [-0.15, -0.1) is 0 Å². The van der Waals surface area contributed by atoms with Crippen molar-refractivity contribution in [3.8, 4) is 17.6 Å². The van der Waals surface area contributed by atoms with Crippen LogP contribution in [0.25, 0.3) is 0 Å². The molecular weight excluding hydrogens is 200 g/mol. The van der Waals surface area contributed by atoms with E-state index >= 15 is 0 Å². The highest BCUT2D eigenvalue weighted by Crippen LogP contribution is 2.21. The van der Waals surface area contributed by atoms with Gasteiger partial charge in [0.1, 0.15) is 23.3 Å². The minimum Gasteiger partial charge on any atom is -0.456 e. The van der Waals surface area contributed by atoms with Crippen LogP contribution in [-0.2, 0) is 0 Å². The fourth-order valence-electron chi connectivity index (χ4n) is 1.32.